The molecule has 0 fully saturated rings. The number of carbonyl (C=O) groups excluding carboxylic acids is 2. The fourth-order valence-corrected chi connectivity index (χ4v) is 5.64. The highest BCUT2D eigenvalue weighted by Gasteiger charge is 2.46. The maximum Gasteiger partial charge on any atom is 0.264 e. The molecule has 0 saturated heterocycles. The number of fused-ring (bicyclic) bond motifs is 7. The molecular weight excluding hydrogens is 472 g/mol. The quantitative estimate of drug-likeness (QED) is 0.468. The topological polar surface area (TPSA) is 65.3 Å². The van der Waals surface area contributed by atoms with Crippen molar-refractivity contribution in [3.8, 4) is 0 Å². The lowest BCUT2D eigenvalue weighted by Crippen LogP contribution is -2.34. The van der Waals surface area contributed by atoms with Crippen LogP contribution in [0.3, 0.4) is 0 Å². The van der Waals surface area contributed by atoms with Crippen molar-refractivity contribution in [2.75, 3.05) is 0 Å². The maximum atomic E-state index is 13.9. The normalized spacial score (nSPS) is 20.2. The number of allylic oxidation sites excluding steroid dienone is 6. The van der Waals surface area contributed by atoms with Gasteiger partial charge in [-0.05, 0) is 63.6 Å². The highest BCUT2D eigenvalue weighted by molar-refractivity contribution is 6.33. The van der Waals surface area contributed by atoms with E-state index in [0.717, 1.165) is 45.1 Å². The van der Waals surface area contributed by atoms with Crippen LogP contribution in [0.5, 0.6) is 0 Å². The minimum atomic E-state index is -0.191. The summed E-state index contributed by atoms with van der Waals surface area (Å²) >= 11 is 0. The Labute approximate surface area is 221 Å². The van der Waals surface area contributed by atoms with E-state index in [2.05, 4.69) is 13.2 Å². The Morgan fingerprint density at radius 3 is 2.00 bits per heavy atom. The largest absolute Gasteiger partial charge is 0.268 e. The summed E-state index contributed by atoms with van der Waals surface area (Å²) in [7, 11) is 0. The second-order valence-electron chi connectivity index (χ2n) is 9.69. The second-order valence-corrected chi connectivity index (χ2v) is 9.69. The summed E-state index contributed by atoms with van der Waals surface area (Å²) in [4.78, 5) is 40.8. The zero-order valence-electron chi connectivity index (χ0n) is 21.8. The van der Waals surface area contributed by atoms with Crippen molar-refractivity contribution in [1.82, 2.24) is 9.80 Å². The predicted octanol–water partition coefficient (Wildman–Crippen LogP) is 6.60. The van der Waals surface area contributed by atoms with Crippen molar-refractivity contribution in [3.05, 3.63) is 130 Å². The number of aryl methyl sites for hydroxylation is 1. The first-order chi connectivity index (χ1) is 18.3. The van der Waals surface area contributed by atoms with Crippen LogP contribution in [0.25, 0.3) is 5.70 Å². The van der Waals surface area contributed by atoms with Gasteiger partial charge >= 0.3 is 0 Å². The number of hydrogen-bond donors (Lipinski definition) is 0. The van der Waals surface area contributed by atoms with Crippen LogP contribution >= 0.6 is 0 Å². The summed E-state index contributed by atoms with van der Waals surface area (Å²) in [6, 6.07) is 9.47. The number of hydrogen-bond acceptors (Lipinski definition) is 4. The molecule has 0 N–H and O–H groups in total. The van der Waals surface area contributed by atoms with Gasteiger partial charge in [-0.1, -0.05) is 49.1 Å². The summed E-state index contributed by atoms with van der Waals surface area (Å²) in [6.45, 7) is 15.7. The van der Waals surface area contributed by atoms with Crippen LogP contribution < -0.4 is 0 Å². The van der Waals surface area contributed by atoms with Crippen molar-refractivity contribution in [2.45, 2.75) is 27.7 Å². The van der Waals surface area contributed by atoms with Crippen LogP contribution in [-0.2, 0) is 0 Å². The van der Waals surface area contributed by atoms with E-state index < -0.39 is 0 Å². The Bertz CT molecular complexity index is 1720. The minimum Gasteiger partial charge on any atom is -0.268 e. The van der Waals surface area contributed by atoms with Crippen LogP contribution in [0.2, 0.25) is 0 Å². The molecule has 0 unspecified atom stereocenters. The Kier molecular flexibility index (Phi) is 5.17. The molecule has 2 amide bonds. The van der Waals surface area contributed by atoms with E-state index in [1.54, 1.807) is 34.1 Å². The molecule has 6 rings (SSSR count). The van der Waals surface area contributed by atoms with Crippen LogP contribution in [-0.4, -0.2) is 33.3 Å². The smallest absolute Gasteiger partial charge is 0.264 e. The monoisotopic (exact) mass is 498 g/mol. The Morgan fingerprint density at radius 2 is 1.42 bits per heavy atom. The van der Waals surface area contributed by atoms with Crippen molar-refractivity contribution in [3.63, 3.8) is 0 Å². The molecule has 0 aliphatic carbocycles. The van der Waals surface area contributed by atoms with Crippen LogP contribution in [0.15, 0.2) is 106 Å². The van der Waals surface area contributed by atoms with Crippen molar-refractivity contribution in [1.29, 1.82) is 0 Å². The summed E-state index contributed by atoms with van der Waals surface area (Å²) < 4.78 is 0. The molecule has 0 aromatic heterocycles. The van der Waals surface area contributed by atoms with Gasteiger partial charge in [-0.3, -0.25) is 19.4 Å². The molecule has 0 bridgehead atoms. The van der Waals surface area contributed by atoms with E-state index in [1.165, 1.54) is 0 Å². The van der Waals surface area contributed by atoms with Gasteiger partial charge in [0.25, 0.3) is 11.8 Å². The third-order valence-electron chi connectivity index (χ3n) is 7.21. The van der Waals surface area contributed by atoms with Gasteiger partial charge in [0.15, 0.2) is 0 Å². The molecule has 38 heavy (non-hydrogen) atoms. The van der Waals surface area contributed by atoms with Crippen molar-refractivity contribution >= 4 is 34.9 Å². The fourth-order valence-electron chi connectivity index (χ4n) is 5.64. The van der Waals surface area contributed by atoms with Gasteiger partial charge in [0.2, 0.25) is 0 Å². The molecular formula is C32H26N4O2. The Morgan fingerprint density at radius 1 is 0.842 bits per heavy atom. The average molecular weight is 499 g/mol. The van der Waals surface area contributed by atoms with Gasteiger partial charge in [0, 0.05) is 22.3 Å². The predicted molar refractivity (Wildman–Crippen MR) is 151 cm³/mol. The first-order valence-corrected chi connectivity index (χ1v) is 12.5. The number of amides is 2. The molecule has 0 spiro atoms. The molecule has 2 aromatic carbocycles. The van der Waals surface area contributed by atoms with Gasteiger partial charge in [-0.15, -0.1) is 0 Å². The maximum absolute atomic E-state index is 13.9. The molecule has 186 valence electrons. The van der Waals surface area contributed by atoms with Crippen molar-refractivity contribution in [2.24, 2.45) is 9.98 Å². The zero-order valence-corrected chi connectivity index (χ0v) is 21.8. The summed E-state index contributed by atoms with van der Waals surface area (Å²) in [5.74, 6) is 0.645. The minimum absolute atomic E-state index is 0.191. The number of amidine groups is 2. The highest BCUT2D eigenvalue weighted by Crippen LogP contribution is 2.45. The lowest BCUT2D eigenvalue weighted by Gasteiger charge is -2.29. The lowest BCUT2D eigenvalue weighted by atomic mass is 9.98. The van der Waals surface area contributed by atoms with Crippen LogP contribution in [0.4, 0.5) is 5.69 Å². The van der Waals surface area contributed by atoms with Gasteiger partial charge in [-0.25, -0.2) is 9.98 Å². The number of carbonyl (C=O) groups is 2. The number of aliphatic imine (C=N–C) groups is 2. The molecule has 4 heterocycles. The van der Waals surface area contributed by atoms with Crippen LogP contribution in [0, 0.1) is 6.92 Å². The number of benzene rings is 2. The molecule has 2 aromatic rings. The third-order valence-corrected chi connectivity index (χ3v) is 7.21. The SMILES string of the molecule is C=C/C=C1\C(=C(C)C)/C(=C\C)N=C2c3cc4c(cc3C(=O)N21)C1=Nc2cccc(C)c2/C(=C\C=C)N1C4=O. The van der Waals surface area contributed by atoms with E-state index in [4.69, 9.17) is 9.98 Å². The van der Waals surface area contributed by atoms with E-state index in [-0.39, 0.29) is 11.8 Å². The first-order valence-electron chi connectivity index (χ1n) is 12.5. The van der Waals surface area contributed by atoms with E-state index in [0.29, 0.717) is 33.9 Å². The number of nitrogens with zero attached hydrogens (tertiary/aromatic N) is 4. The second kappa shape index (κ2) is 8.35. The summed E-state index contributed by atoms with van der Waals surface area (Å²) in [5.41, 5.74) is 9.10. The van der Waals surface area contributed by atoms with Crippen LogP contribution in [0.1, 0.15) is 63.7 Å². The van der Waals surface area contributed by atoms with Crippen molar-refractivity contribution < 1.29 is 9.59 Å². The van der Waals surface area contributed by atoms with Gasteiger partial charge in [0.1, 0.15) is 11.7 Å². The molecule has 0 radical (unpaired) electrons. The molecule has 0 saturated carbocycles. The third kappa shape index (κ3) is 3.00. The van der Waals surface area contributed by atoms with E-state index in [9.17, 15) is 9.59 Å². The molecule has 4 aliphatic heterocycles. The van der Waals surface area contributed by atoms with Gasteiger partial charge < -0.3 is 0 Å². The van der Waals surface area contributed by atoms with E-state index >= 15 is 0 Å². The first kappa shape index (κ1) is 23.6. The average Bonchev–Trinajstić information content (AvgIpc) is 3.33. The standard InChI is InChI=1S/C32H26N4O2/c1-7-11-25-27(17(4)5)23(9-3)33-29-19-15-22-20(16-21(19)31(37)35(25)29)30-34-24-14-10-13-18(6)28(24)26(12-8-2)36(30)32(22)38/h7-16H,1-2H2,3-6H3/b23-9+,25-11+,26-12+. The molecule has 6 heteroatoms. The highest BCUT2D eigenvalue weighted by atomic mass is 16.2. The zero-order chi connectivity index (χ0) is 26.9. The summed E-state index contributed by atoms with van der Waals surface area (Å²) in [5, 5.41) is 0. The van der Waals surface area contributed by atoms with E-state index in [1.807, 2.05) is 64.1 Å². The van der Waals surface area contributed by atoms with Gasteiger partial charge in [0.05, 0.1) is 33.9 Å². The lowest BCUT2D eigenvalue weighted by molar-refractivity contribution is 0.0885. The molecule has 0 atom stereocenters. The van der Waals surface area contributed by atoms with Gasteiger partial charge in [-0.2, -0.15) is 0 Å². The summed E-state index contributed by atoms with van der Waals surface area (Å²) in [6.07, 6.45) is 8.96. The number of rotatable bonds is 2. The molecule has 4 aliphatic rings. The fraction of sp³-hybridized carbons (Fsp3) is 0.125. The molecule has 6 nitrogen and oxygen atoms in total. The Hall–Kier alpha value is -4.84. The Balaban J connectivity index is 1.59.